The minimum Gasteiger partial charge on any atom is -0.477 e. The maximum atomic E-state index is 15.3. The fourth-order valence-corrected chi connectivity index (χ4v) is 9.68. The van der Waals surface area contributed by atoms with Crippen LogP contribution in [0.15, 0.2) is 46.2 Å². The molecule has 4 fully saturated rings. The number of carbonyl (C=O) groups excluding carboxylic acids is 1. The lowest BCUT2D eigenvalue weighted by Crippen LogP contribution is -2.49. The number of halogens is 2. The van der Waals surface area contributed by atoms with Gasteiger partial charge in [-0.05, 0) is 49.9 Å². The molecule has 2 saturated carbocycles. The molecule has 2 aromatic carbocycles. The largest absolute Gasteiger partial charge is 0.477 e. The Labute approximate surface area is 511 Å². The van der Waals surface area contributed by atoms with Gasteiger partial charge in [0.25, 0.3) is 0 Å². The van der Waals surface area contributed by atoms with E-state index in [1.165, 1.54) is 18.5 Å². The number of pyridine rings is 2. The van der Waals surface area contributed by atoms with Crippen LogP contribution in [0.3, 0.4) is 0 Å². The summed E-state index contributed by atoms with van der Waals surface area (Å²) in [6.07, 6.45) is 6.62. The third-order valence-electron chi connectivity index (χ3n) is 14.6. The smallest absolute Gasteiger partial charge is 0.341 e. The van der Waals surface area contributed by atoms with Crippen LogP contribution < -0.4 is 26.0 Å². The van der Waals surface area contributed by atoms with Crippen molar-refractivity contribution in [2.45, 2.75) is 51.6 Å². The van der Waals surface area contributed by atoms with Crippen LogP contribution in [0.5, 0.6) is 0 Å². The Balaban J connectivity index is 0.000000407. The average Bonchev–Trinajstić information content (AvgIpc) is 4.12. The number of carbonyl (C=O) groups is 3. The van der Waals surface area contributed by atoms with Crippen molar-refractivity contribution in [1.82, 2.24) is 19.4 Å². The Kier molecular flexibility index (Phi) is 31.9. The van der Waals surface area contributed by atoms with Gasteiger partial charge < -0.3 is 96.2 Å². The molecule has 4 heterocycles. The second-order valence-corrected chi connectivity index (χ2v) is 20.9. The van der Waals surface area contributed by atoms with E-state index in [2.05, 4.69) is 5.32 Å². The third kappa shape index (κ3) is 23.2. The number of aromatic carboxylic acids is 2. The van der Waals surface area contributed by atoms with Crippen LogP contribution in [-0.2, 0) is 61.6 Å². The highest BCUT2D eigenvalue weighted by molar-refractivity contribution is 5.95. The molecule has 2 aromatic heterocycles. The molecule has 492 valence electrons. The molecule has 3 N–H and O–H groups in total. The maximum Gasteiger partial charge on any atom is 0.341 e. The molecule has 4 aromatic rings. The topological polar surface area (TPSA) is 268 Å². The molecule has 25 nitrogen and oxygen atoms in total. The number of piperazine rings is 2. The van der Waals surface area contributed by atoms with E-state index in [-0.39, 0.29) is 60.3 Å². The summed E-state index contributed by atoms with van der Waals surface area (Å²) in [5.74, 6) is -3.72. The van der Waals surface area contributed by atoms with Crippen LogP contribution in [0.25, 0.3) is 21.8 Å². The van der Waals surface area contributed by atoms with Gasteiger partial charge in [-0.2, -0.15) is 0 Å². The number of carboxylic acid groups (broad SMARTS) is 2. The van der Waals surface area contributed by atoms with Gasteiger partial charge in [0.1, 0.15) is 22.8 Å². The molecular formula is C61H90F2N6O19. The van der Waals surface area contributed by atoms with E-state index < -0.39 is 34.4 Å². The Morgan fingerprint density at radius 1 is 0.466 bits per heavy atom. The Bertz CT molecular complexity index is 2880. The molecule has 2 saturated heterocycles. The van der Waals surface area contributed by atoms with E-state index in [1.807, 2.05) is 14.4 Å². The molecule has 0 unspecified atom stereocenters. The van der Waals surface area contributed by atoms with E-state index in [0.717, 1.165) is 44.8 Å². The number of ether oxygens (including phenoxy) is 12. The van der Waals surface area contributed by atoms with Crippen molar-refractivity contribution in [1.29, 1.82) is 0 Å². The SMILES string of the molecule is C.COCCOCCOCCOCCOCCOCCOCCOCCOCCOCCOCCOCCC(=O)N1CCN(c2cc3c(cc2F)c(=O)c(C(=O)O)cn3C2CC2)CC1.O=C(O)c1cn(C2CC2)c2cc(N3CCNCC3)c(F)cc2c1=O. The standard InChI is InChI=1S/C43H68FN3O16.C17H18FN3O3.CH4/c1-52-10-11-54-14-15-56-18-19-58-22-23-60-26-27-62-30-31-63-29-28-61-25-24-59-21-20-57-17-16-55-13-12-53-9-4-41(48)46-7-5-45(6-8-46)40-33-39-36(32-38(40)44)42(49)37(43(50)51)34-47(39)35-2-3-35;18-13-7-11-14(8-15(13)20-5-3-19-4-6-20)21(10-1-2-10)9-12(16(11)22)17(23)24;/h32-35H,2-31H2,1H3,(H,50,51);7-10,19H,1-6H2,(H,23,24);1H4. The van der Waals surface area contributed by atoms with Crippen molar-refractivity contribution < 1.29 is 90.2 Å². The highest BCUT2D eigenvalue weighted by Crippen LogP contribution is 2.39. The van der Waals surface area contributed by atoms with Crippen molar-refractivity contribution in [3.63, 3.8) is 0 Å². The number of carboxylic acids is 2. The fraction of sp³-hybridized carbons (Fsp3) is 0.656. The molecule has 27 heteroatoms. The quantitative estimate of drug-likeness (QED) is 0.0523. The predicted octanol–water partition coefficient (Wildman–Crippen LogP) is 4.26. The number of rotatable bonds is 42. The first-order valence-electron chi connectivity index (χ1n) is 30.0. The molecule has 2 aliphatic carbocycles. The average molecular weight is 1250 g/mol. The first-order chi connectivity index (χ1) is 42.5. The number of aromatic nitrogens is 2. The van der Waals surface area contributed by atoms with Crippen molar-refractivity contribution in [3.8, 4) is 0 Å². The molecule has 4 aliphatic rings. The van der Waals surface area contributed by atoms with Gasteiger partial charge in [0.05, 0.1) is 181 Å². The van der Waals surface area contributed by atoms with Crippen molar-refractivity contribution in [2.24, 2.45) is 0 Å². The van der Waals surface area contributed by atoms with Crippen LogP contribution in [-0.4, -0.2) is 254 Å². The number of nitrogens with zero attached hydrogens (tertiary/aromatic N) is 5. The monoisotopic (exact) mass is 1250 g/mol. The second kappa shape index (κ2) is 39.4. The lowest BCUT2D eigenvalue weighted by atomic mass is 10.1. The normalized spacial score (nSPS) is 15.2. The van der Waals surface area contributed by atoms with Gasteiger partial charge in [0.15, 0.2) is 0 Å². The number of methoxy groups -OCH3 is 1. The van der Waals surface area contributed by atoms with Gasteiger partial charge in [-0.25, -0.2) is 18.4 Å². The van der Waals surface area contributed by atoms with Crippen molar-refractivity contribution >= 4 is 51.0 Å². The highest BCUT2D eigenvalue weighted by Gasteiger charge is 2.31. The van der Waals surface area contributed by atoms with Crippen molar-refractivity contribution in [2.75, 3.05) is 221 Å². The Hall–Kier alpha value is -5.79. The molecule has 0 bridgehead atoms. The zero-order valence-electron chi connectivity index (χ0n) is 49.9. The number of fused-ring (bicyclic) bond motifs is 2. The number of nitrogens with one attached hydrogen (secondary N) is 1. The molecule has 88 heavy (non-hydrogen) atoms. The summed E-state index contributed by atoms with van der Waals surface area (Å²) in [5.41, 5.74) is -0.0458. The fourth-order valence-electron chi connectivity index (χ4n) is 9.68. The number of hydrogen-bond acceptors (Lipinski definition) is 20. The predicted molar refractivity (Wildman–Crippen MR) is 323 cm³/mol. The Morgan fingerprint density at radius 2 is 0.773 bits per heavy atom. The minimum absolute atomic E-state index is 0. The first kappa shape index (κ1) is 71.3. The molecule has 0 radical (unpaired) electrons. The molecule has 0 atom stereocenters. The Morgan fingerprint density at radius 3 is 1.08 bits per heavy atom. The lowest BCUT2D eigenvalue weighted by Gasteiger charge is -2.36. The zero-order chi connectivity index (χ0) is 61.6. The lowest BCUT2D eigenvalue weighted by molar-refractivity contribution is -0.132. The van der Waals surface area contributed by atoms with Gasteiger partial charge in [-0.3, -0.25) is 14.4 Å². The van der Waals surface area contributed by atoms with E-state index in [4.69, 9.17) is 56.8 Å². The van der Waals surface area contributed by atoms with Gasteiger partial charge in [-0.15, -0.1) is 0 Å². The maximum absolute atomic E-state index is 15.3. The summed E-state index contributed by atoms with van der Waals surface area (Å²) in [5, 5.41) is 22.2. The summed E-state index contributed by atoms with van der Waals surface area (Å²) < 4.78 is 98.6. The summed E-state index contributed by atoms with van der Waals surface area (Å²) in [6, 6.07) is 5.94. The third-order valence-corrected chi connectivity index (χ3v) is 14.6. The van der Waals surface area contributed by atoms with Crippen LogP contribution in [0.2, 0.25) is 0 Å². The highest BCUT2D eigenvalue weighted by atomic mass is 19.1. The summed E-state index contributed by atoms with van der Waals surface area (Å²) in [7, 11) is 1.64. The molecule has 0 spiro atoms. The van der Waals surface area contributed by atoms with Crippen LogP contribution in [0.1, 0.15) is 72.3 Å². The molecular weight excluding hydrogens is 1160 g/mol. The number of amides is 1. The van der Waals surface area contributed by atoms with E-state index >= 15 is 4.39 Å². The van der Waals surface area contributed by atoms with Crippen LogP contribution >= 0.6 is 0 Å². The van der Waals surface area contributed by atoms with Gasteiger partial charge >= 0.3 is 11.9 Å². The minimum atomic E-state index is -1.33. The molecule has 1 amide bonds. The van der Waals surface area contributed by atoms with E-state index in [9.17, 15) is 38.6 Å². The van der Waals surface area contributed by atoms with E-state index in [1.54, 1.807) is 28.7 Å². The second-order valence-electron chi connectivity index (χ2n) is 20.9. The van der Waals surface area contributed by atoms with Crippen molar-refractivity contribution in [3.05, 3.63) is 79.9 Å². The first-order valence-corrected chi connectivity index (χ1v) is 30.0. The molecule has 2 aliphatic heterocycles. The number of benzene rings is 2. The van der Waals surface area contributed by atoms with Crippen LogP contribution in [0.4, 0.5) is 20.2 Å². The molecule has 8 rings (SSSR count). The van der Waals surface area contributed by atoms with Gasteiger partial charge in [-0.1, -0.05) is 7.43 Å². The number of anilines is 2. The summed E-state index contributed by atoms with van der Waals surface area (Å²) in [4.78, 5) is 66.5. The summed E-state index contributed by atoms with van der Waals surface area (Å²) in [6.45, 7) is 15.4. The van der Waals surface area contributed by atoms with E-state index in [0.29, 0.717) is 207 Å². The summed E-state index contributed by atoms with van der Waals surface area (Å²) >= 11 is 0. The zero-order valence-corrected chi connectivity index (χ0v) is 49.9. The van der Waals surface area contributed by atoms with Gasteiger partial charge in [0.2, 0.25) is 16.8 Å². The number of hydrogen-bond donors (Lipinski definition) is 3. The van der Waals surface area contributed by atoms with Gasteiger partial charge in [0, 0.05) is 94.7 Å². The van der Waals surface area contributed by atoms with Crippen LogP contribution in [0, 0.1) is 11.6 Å².